The van der Waals surface area contributed by atoms with Crippen LogP contribution in [0.5, 0.6) is 0 Å². The molecule has 0 spiro atoms. The van der Waals surface area contributed by atoms with Gasteiger partial charge in [0.15, 0.2) is 5.69 Å². The molecule has 0 aromatic heterocycles. The van der Waals surface area contributed by atoms with E-state index in [-0.39, 0.29) is 0 Å². The van der Waals surface area contributed by atoms with Crippen molar-refractivity contribution in [3.63, 3.8) is 0 Å². The molecule has 0 amide bonds. The summed E-state index contributed by atoms with van der Waals surface area (Å²) in [6.45, 7) is 11.6. The maximum atomic E-state index is 6.99. The first-order valence-corrected chi connectivity index (χ1v) is 7.79. The minimum Gasteiger partial charge on any atom is -0.238 e. The molecule has 0 saturated heterocycles. The summed E-state index contributed by atoms with van der Waals surface area (Å²) in [6, 6.07) is 16.6. The first-order chi connectivity index (χ1) is 10.2. The summed E-state index contributed by atoms with van der Waals surface area (Å²) < 4.78 is 0. The predicted octanol–water partition coefficient (Wildman–Crippen LogP) is 6.27. The van der Waals surface area contributed by atoms with Gasteiger partial charge in [-0.05, 0) is 29.0 Å². The Morgan fingerprint density at radius 3 is 2.05 bits per heavy atom. The van der Waals surface area contributed by atoms with Gasteiger partial charge < -0.3 is 0 Å². The van der Waals surface area contributed by atoms with E-state index in [1.807, 2.05) is 24.3 Å². The van der Waals surface area contributed by atoms with Crippen molar-refractivity contribution < 1.29 is 0 Å². The first-order valence-electron chi connectivity index (χ1n) is 7.79. The van der Waals surface area contributed by atoms with Gasteiger partial charge >= 0.3 is 0 Å². The summed E-state index contributed by atoms with van der Waals surface area (Å²) in [5.74, 6) is 0.758. The second-order valence-corrected chi connectivity index (χ2v) is 5.81. The van der Waals surface area contributed by atoms with Gasteiger partial charge in [0.2, 0.25) is 0 Å². The molecule has 1 unspecified atom stereocenters. The maximum absolute atomic E-state index is 6.99. The van der Waals surface area contributed by atoms with E-state index in [9.17, 15) is 0 Å². The summed E-state index contributed by atoms with van der Waals surface area (Å²) in [4.78, 5) is 3.43. The van der Waals surface area contributed by atoms with Crippen molar-refractivity contribution in [3.8, 4) is 11.1 Å². The van der Waals surface area contributed by atoms with Gasteiger partial charge in [-0.2, -0.15) is 0 Å². The fourth-order valence-corrected chi connectivity index (χ4v) is 2.62. The van der Waals surface area contributed by atoms with Crippen molar-refractivity contribution in [1.29, 1.82) is 0 Å². The lowest BCUT2D eigenvalue weighted by Gasteiger charge is -2.11. The lowest BCUT2D eigenvalue weighted by Crippen LogP contribution is -1.99. The Bertz CT molecular complexity index is 587. The topological polar surface area (TPSA) is 4.36 Å². The standard InChI is InChI=1S/C20H23N/c1-4-5-6-16(2)15-17-7-9-18(10-8-17)19-11-13-20(21-3)14-12-19/h7-14,16H,4-6,15H2,1-2H3. The molecule has 1 atom stereocenters. The normalized spacial score (nSPS) is 11.9. The molecule has 108 valence electrons. The average Bonchev–Trinajstić information content (AvgIpc) is 2.54. The van der Waals surface area contributed by atoms with Crippen molar-refractivity contribution in [2.24, 2.45) is 5.92 Å². The molecule has 0 aliphatic carbocycles. The van der Waals surface area contributed by atoms with Crippen molar-refractivity contribution in [1.82, 2.24) is 0 Å². The van der Waals surface area contributed by atoms with Gasteiger partial charge in [0.25, 0.3) is 0 Å². The highest BCUT2D eigenvalue weighted by Gasteiger charge is 2.04. The smallest absolute Gasteiger partial charge is 0.187 e. The summed E-state index contributed by atoms with van der Waals surface area (Å²) in [5, 5.41) is 0. The number of hydrogen-bond donors (Lipinski definition) is 0. The Labute approximate surface area is 128 Å². The Kier molecular flexibility index (Phi) is 5.58. The predicted molar refractivity (Wildman–Crippen MR) is 90.5 cm³/mol. The van der Waals surface area contributed by atoms with E-state index < -0.39 is 0 Å². The SMILES string of the molecule is [C-]#[N+]c1ccc(-c2ccc(CC(C)CCCC)cc2)cc1. The van der Waals surface area contributed by atoms with Gasteiger partial charge in [-0.25, -0.2) is 4.85 Å². The minimum absolute atomic E-state index is 0.695. The molecule has 1 nitrogen and oxygen atoms in total. The van der Waals surface area contributed by atoms with E-state index in [2.05, 4.69) is 43.0 Å². The maximum Gasteiger partial charge on any atom is 0.187 e. The Morgan fingerprint density at radius 1 is 0.952 bits per heavy atom. The third-order valence-corrected chi connectivity index (χ3v) is 3.92. The lowest BCUT2D eigenvalue weighted by molar-refractivity contribution is 0.503. The van der Waals surface area contributed by atoms with Crippen LogP contribution in [0.15, 0.2) is 48.5 Å². The zero-order valence-electron chi connectivity index (χ0n) is 13.0. The van der Waals surface area contributed by atoms with Gasteiger partial charge in [0.1, 0.15) is 0 Å². The number of rotatable bonds is 6. The molecule has 2 rings (SSSR count). The quantitative estimate of drug-likeness (QED) is 0.548. The van der Waals surface area contributed by atoms with E-state index >= 15 is 0 Å². The first kappa shape index (κ1) is 15.3. The van der Waals surface area contributed by atoms with Crippen LogP contribution in [0.2, 0.25) is 0 Å². The zero-order valence-corrected chi connectivity index (χ0v) is 13.0. The largest absolute Gasteiger partial charge is 0.238 e. The number of unbranched alkanes of at least 4 members (excludes halogenated alkanes) is 1. The molecule has 2 aromatic carbocycles. The van der Waals surface area contributed by atoms with Gasteiger partial charge in [-0.1, -0.05) is 81.6 Å². The Hall–Kier alpha value is -2.07. The zero-order chi connectivity index (χ0) is 15.1. The van der Waals surface area contributed by atoms with Crippen LogP contribution >= 0.6 is 0 Å². The van der Waals surface area contributed by atoms with Gasteiger partial charge in [-0.3, -0.25) is 0 Å². The average molecular weight is 277 g/mol. The van der Waals surface area contributed by atoms with Crippen LogP contribution in [0, 0.1) is 12.5 Å². The van der Waals surface area contributed by atoms with E-state index in [1.165, 1.54) is 36.0 Å². The van der Waals surface area contributed by atoms with Crippen molar-refractivity contribution >= 4 is 5.69 Å². The third kappa shape index (κ3) is 4.46. The van der Waals surface area contributed by atoms with Gasteiger partial charge in [0.05, 0.1) is 6.57 Å². The summed E-state index contributed by atoms with van der Waals surface area (Å²) in [7, 11) is 0. The molecule has 0 aliphatic rings. The second kappa shape index (κ2) is 7.64. The fraction of sp³-hybridized carbons (Fsp3) is 0.350. The second-order valence-electron chi connectivity index (χ2n) is 5.81. The molecule has 0 bridgehead atoms. The van der Waals surface area contributed by atoms with Crippen molar-refractivity contribution in [2.75, 3.05) is 0 Å². The highest BCUT2D eigenvalue weighted by Crippen LogP contribution is 2.24. The number of hydrogen-bond acceptors (Lipinski definition) is 0. The number of benzene rings is 2. The summed E-state index contributed by atoms with van der Waals surface area (Å²) >= 11 is 0. The molecule has 0 saturated carbocycles. The van der Waals surface area contributed by atoms with Crippen LogP contribution in [0.4, 0.5) is 5.69 Å². The monoisotopic (exact) mass is 277 g/mol. The molecular formula is C20H23N. The van der Waals surface area contributed by atoms with Crippen LogP contribution in [0.1, 0.15) is 38.7 Å². The molecule has 2 aromatic rings. The lowest BCUT2D eigenvalue weighted by atomic mass is 9.94. The molecular weight excluding hydrogens is 254 g/mol. The van der Waals surface area contributed by atoms with Crippen molar-refractivity contribution in [3.05, 3.63) is 65.5 Å². The molecule has 0 fully saturated rings. The van der Waals surface area contributed by atoms with E-state index in [0.29, 0.717) is 5.69 Å². The van der Waals surface area contributed by atoms with Crippen molar-refractivity contribution in [2.45, 2.75) is 39.5 Å². The van der Waals surface area contributed by atoms with Crippen LogP contribution < -0.4 is 0 Å². The minimum atomic E-state index is 0.695. The third-order valence-electron chi connectivity index (χ3n) is 3.92. The van der Waals surface area contributed by atoms with Gasteiger partial charge in [0, 0.05) is 0 Å². The van der Waals surface area contributed by atoms with Gasteiger partial charge in [-0.15, -0.1) is 0 Å². The number of nitrogens with zero attached hydrogens (tertiary/aromatic N) is 1. The molecule has 0 N–H and O–H groups in total. The summed E-state index contributed by atoms with van der Waals surface area (Å²) in [6.07, 6.45) is 5.09. The van der Waals surface area contributed by atoms with Crippen LogP contribution in [0.25, 0.3) is 16.0 Å². The van der Waals surface area contributed by atoms with Crippen LogP contribution in [0.3, 0.4) is 0 Å². The molecule has 0 radical (unpaired) electrons. The van der Waals surface area contributed by atoms with E-state index in [4.69, 9.17) is 6.57 Å². The Morgan fingerprint density at radius 2 is 1.52 bits per heavy atom. The fourth-order valence-electron chi connectivity index (χ4n) is 2.62. The van der Waals surface area contributed by atoms with E-state index in [0.717, 1.165) is 12.3 Å². The highest BCUT2D eigenvalue weighted by atomic mass is 14.6. The highest BCUT2D eigenvalue weighted by molar-refractivity contribution is 5.66. The summed E-state index contributed by atoms with van der Waals surface area (Å²) in [5.41, 5.74) is 4.50. The van der Waals surface area contributed by atoms with E-state index in [1.54, 1.807) is 0 Å². The molecule has 0 aliphatic heterocycles. The van der Waals surface area contributed by atoms with Crippen LogP contribution in [-0.2, 0) is 6.42 Å². The molecule has 21 heavy (non-hydrogen) atoms. The van der Waals surface area contributed by atoms with Crippen LogP contribution in [-0.4, -0.2) is 0 Å². The Balaban J connectivity index is 2.02. The molecule has 1 heteroatoms. The molecule has 0 heterocycles.